The molecule has 2 N–H and O–H groups in total. The van der Waals surface area contributed by atoms with Gasteiger partial charge in [0, 0.05) is 18.0 Å². The summed E-state index contributed by atoms with van der Waals surface area (Å²) in [6, 6.07) is 6.01. The van der Waals surface area contributed by atoms with Crippen molar-refractivity contribution < 1.29 is 0 Å². The summed E-state index contributed by atoms with van der Waals surface area (Å²) < 4.78 is 0. The molecule has 0 spiro atoms. The molecule has 1 aliphatic heterocycles. The molecule has 5 nitrogen and oxygen atoms in total. The van der Waals surface area contributed by atoms with Crippen molar-refractivity contribution in [3.8, 4) is 0 Å². The van der Waals surface area contributed by atoms with Crippen LogP contribution in [0.3, 0.4) is 0 Å². The zero-order valence-corrected chi connectivity index (χ0v) is 12.3. The number of hydrogen-bond donors (Lipinski definition) is 2. The Morgan fingerprint density at radius 3 is 2.90 bits per heavy atom. The molecule has 1 aliphatic rings. The molecule has 3 rings (SSSR count). The Morgan fingerprint density at radius 2 is 2.10 bits per heavy atom. The van der Waals surface area contributed by atoms with Crippen molar-refractivity contribution in [2.24, 2.45) is 5.92 Å². The molecule has 0 amide bonds. The lowest BCUT2D eigenvalue weighted by Crippen LogP contribution is -2.28. The van der Waals surface area contributed by atoms with Crippen LogP contribution in [0.5, 0.6) is 0 Å². The zero-order chi connectivity index (χ0) is 14.5. The lowest BCUT2D eigenvalue weighted by molar-refractivity contribution is 0.370. The van der Waals surface area contributed by atoms with Gasteiger partial charge in [-0.2, -0.15) is 0 Å². The molecule has 0 aromatic carbocycles. The second kappa shape index (κ2) is 6.63. The van der Waals surface area contributed by atoms with Crippen molar-refractivity contribution >= 4 is 11.6 Å². The predicted octanol–water partition coefficient (Wildman–Crippen LogP) is 2.47. The van der Waals surface area contributed by atoms with E-state index in [1.54, 1.807) is 12.5 Å². The maximum Gasteiger partial charge on any atom is 0.135 e. The van der Waals surface area contributed by atoms with Crippen molar-refractivity contribution in [1.29, 1.82) is 0 Å². The molecular formula is C16H21N5. The first kappa shape index (κ1) is 13.9. The van der Waals surface area contributed by atoms with Gasteiger partial charge in [0.25, 0.3) is 0 Å². The van der Waals surface area contributed by atoms with Gasteiger partial charge in [-0.05, 0) is 56.8 Å². The van der Waals surface area contributed by atoms with Crippen molar-refractivity contribution in [3.63, 3.8) is 0 Å². The van der Waals surface area contributed by atoms with E-state index in [2.05, 4.69) is 25.6 Å². The van der Waals surface area contributed by atoms with Crippen LogP contribution < -0.4 is 10.6 Å². The van der Waals surface area contributed by atoms with Crippen LogP contribution in [0.2, 0.25) is 0 Å². The molecule has 21 heavy (non-hydrogen) atoms. The number of piperidine rings is 1. The third-order valence-electron chi connectivity index (χ3n) is 3.94. The molecule has 1 saturated heterocycles. The molecule has 0 unspecified atom stereocenters. The van der Waals surface area contributed by atoms with E-state index >= 15 is 0 Å². The highest BCUT2D eigenvalue weighted by molar-refractivity contribution is 5.55. The number of pyridine rings is 1. The van der Waals surface area contributed by atoms with Crippen LogP contribution in [0, 0.1) is 12.8 Å². The first-order valence-electron chi connectivity index (χ1n) is 7.51. The summed E-state index contributed by atoms with van der Waals surface area (Å²) >= 11 is 0. The molecule has 0 atom stereocenters. The quantitative estimate of drug-likeness (QED) is 0.902. The minimum Gasteiger partial charge on any atom is -0.325 e. The second-order valence-corrected chi connectivity index (χ2v) is 5.59. The van der Waals surface area contributed by atoms with Crippen molar-refractivity contribution in [2.45, 2.75) is 26.2 Å². The Kier molecular flexibility index (Phi) is 4.40. The maximum atomic E-state index is 4.41. The lowest BCUT2D eigenvalue weighted by atomic mass is 9.93. The molecule has 0 aliphatic carbocycles. The molecule has 110 valence electrons. The van der Waals surface area contributed by atoms with E-state index in [-0.39, 0.29) is 0 Å². The third-order valence-corrected chi connectivity index (χ3v) is 3.94. The smallest absolute Gasteiger partial charge is 0.135 e. The fraction of sp³-hybridized carbons (Fsp3) is 0.438. The van der Waals surface area contributed by atoms with Gasteiger partial charge in [-0.1, -0.05) is 6.07 Å². The van der Waals surface area contributed by atoms with Crippen LogP contribution in [-0.4, -0.2) is 28.0 Å². The van der Waals surface area contributed by atoms with Crippen molar-refractivity contribution in [1.82, 2.24) is 20.3 Å². The van der Waals surface area contributed by atoms with Crippen LogP contribution in [0.4, 0.5) is 11.6 Å². The normalized spacial score (nSPS) is 15.9. The van der Waals surface area contributed by atoms with Crippen LogP contribution >= 0.6 is 0 Å². The average Bonchev–Trinajstić information content (AvgIpc) is 2.51. The number of hydrogen-bond acceptors (Lipinski definition) is 5. The van der Waals surface area contributed by atoms with Gasteiger partial charge in [-0.15, -0.1) is 0 Å². The monoisotopic (exact) mass is 283 g/mol. The second-order valence-electron chi connectivity index (χ2n) is 5.59. The fourth-order valence-electron chi connectivity index (χ4n) is 2.70. The Hall–Kier alpha value is -2.01. The van der Waals surface area contributed by atoms with E-state index in [1.165, 1.54) is 12.8 Å². The maximum absolute atomic E-state index is 4.41. The number of anilines is 2. The van der Waals surface area contributed by atoms with Crippen LogP contribution in [-0.2, 0) is 6.42 Å². The van der Waals surface area contributed by atoms with Gasteiger partial charge in [0.05, 0.1) is 0 Å². The Morgan fingerprint density at radius 1 is 1.24 bits per heavy atom. The summed E-state index contributed by atoms with van der Waals surface area (Å²) in [5, 5.41) is 6.67. The molecule has 1 fully saturated rings. The zero-order valence-electron chi connectivity index (χ0n) is 12.3. The summed E-state index contributed by atoms with van der Waals surface area (Å²) in [4.78, 5) is 13.0. The minimum absolute atomic E-state index is 0.727. The number of nitrogens with zero attached hydrogens (tertiary/aromatic N) is 3. The van der Waals surface area contributed by atoms with E-state index in [4.69, 9.17) is 0 Å². The molecule has 2 aromatic heterocycles. The van der Waals surface area contributed by atoms with Gasteiger partial charge in [-0.3, -0.25) is 0 Å². The van der Waals surface area contributed by atoms with Crippen LogP contribution in [0.25, 0.3) is 0 Å². The standard InChI is InChI=1S/C16H21N5/c1-12-3-2-6-18-16(12)21-15-10-14(19-11-20-15)9-13-4-7-17-8-5-13/h2-3,6,10-11,13,17H,4-5,7-9H2,1H3,(H,18,19,20,21). The lowest BCUT2D eigenvalue weighted by Gasteiger charge is -2.22. The molecule has 5 heteroatoms. The molecule has 3 heterocycles. The summed E-state index contributed by atoms with van der Waals surface area (Å²) in [5.74, 6) is 2.39. The fourth-order valence-corrected chi connectivity index (χ4v) is 2.70. The first-order valence-corrected chi connectivity index (χ1v) is 7.51. The number of aromatic nitrogens is 3. The van der Waals surface area contributed by atoms with E-state index in [9.17, 15) is 0 Å². The minimum atomic E-state index is 0.727. The topological polar surface area (TPSA) is 62.7 Å². The number of nitrogens with one attached hydrogen (secondary N) is 2. The van der Waals surface area contributed by atoms with Crippen molar-refractivity contribution in [2.75, 3.05) is 18.4 Å². The molecule has 0 radical (unpaired) electrons. The molecular weight excluding hydrogens is 262 g/mol. The highest BCUT2D eigenvalue weighted by Crippen LogP contribution is 2.20. The van der Waals surface area contributed by atoms with Gasteiger partial charge in [0.15, 0.2) is 0 Å². The molecule has 2 aromatic rings. The predicted molar refractivity (Wildman–Crippen MR) is 83.6 cm³/mol. The number of aryl methyl sites for hydroxylation is 1. The SMILES string of the molecule is Cc1cccnc1Nc1cc(CC2CCNCC2)ncn1. The molecule has 0 bridgehead atoms. The summed E-state index contributed by atoms with van der Waals surface area (Å²) in [7, 11) is 0. The van der Waals surface area contributed by atoms with E-state index in [0.717, 1.165) is 48.3 Å². The molecule has 0 saturated carbocycles. The average molecular weight is 283 g/mol. The Balaban J connectivity index is 1.69. The van der Waals surface area contributed by atoms with Crippen LogP contribution in [0.15, 0.2) is 30.7 Å². The third kappa shape index (κ3) is 3.76. The number of rotatable bonds is 4. The Bertz CT molecular complexity index is 593. The van der Waals surface area contributed by atoms with Crippen LogP contribution in [0.1, 0.15) is 24.1 Å². The van der Waals surface area contributed by atoms with E-state index < -0.39 is 0 Å². The summed E-state index contributed by atoms with van der Waals surface area (Å²) in [6.45, 7) is 4.27. The Labute approximate surface area is 125 Å². The first-order chi connectivity index (χ1) is 10.3. The van der Waals surface area contributed by atoms with Gasteiger partial charge in [-0.25, -0.2) is 15.0 Å². The largest absolute Gasteiger partial charge is 0.325 e. The summed E-state index contributed by atoms with van der Waals surface area (Å²) in [5.41, 5.74) is 2.21. The highest BCUT2D eigenvalue weighted by atomic mass is 15.1. The van der Waals surface area contributed by atoms with Gasteiger partial charge in [0.2, 0.25) is 0 Å². The highest BCUT2D eigenvalue weighted by Gasteiger charge is 2.14. The van der Waals surface area contributed by atoms with Gasteiger partial charge >= 0.3 is 0 Å². The van der Waals surface area contributed by atoms with E-state index in [0.29, 0.717) is 0 Å². The van der Waals surface area contributed by atoms with E-state index in [1.807, 2.05) is 25.1 Å². The van der Waals surface area contributed by atoms with Gasteiger partial charge < -0.3 is 10.6 Å². The van der Waals surface area contributed by atoms with Crippen molar-refractivity contribution in [3.05, 3.63) is 42.0 Å². The van der Waals surface area contributed by atoms with Gasteiger partial charge in [0.1, 0.15) is 18.0 Å². The summed E-state index contributed by atoms with van der Waals surface area (Å²) in [6.07, 6.45) is 6.90.